The Morgan fingerprint density at radius 2 is 2.31 bits per heavy atom. The third-order valence-electron chi connectivity index (χ3n) is 2.32. The number of methoxy groups -OCH3 is 1. The molecule has 0 aliphatic carbocycles. The fourth-order valence-corrected chi connectivity index (χ4v) is 2.47. The highest BCUT2D eigenvalue weighted by Gasteiger charge is 2.13. The number of carbonyl (C=O) groups excluding carboxylic acids is 1. The van der Waals surface area contributed by atoms with Gasteiger partial charge in [-0.05, 0) is 31.4 Å². The van der Waals surface area contributed by atoms with E-state index in [2.05, 4.69) is 4.74 Å². The summed E-state index contributed by atoms with van der Waals surface area (Å²) in [5, 5.41) is 17.9. The van der Waals surface area contributed by atoms with Gasteiger partial charge in [0.25, 0.3) is 0 Å². The molecule has 0 bridgehead atoms. The molecule has 1 unspecified atom stereocenters. The molecule has 1 aromatic heterocycles. The fraction of sp³-hybridized carbons (Fsp3) is 0.545. The summed E-state index contributed by atoms with van der Waals surface area (Å²) in [5.74, 6) is -0.331. The Morgan fingerprint density at radius 3 is 2.88 bits per heavy atom. The van der Waals surface area contributed by atoms with Gasteiger partial charge < -0.3 is 14.9 Å². The number of ether oxygens (including phenoxy) is 1. The lowest BCUT2D eigenvalue weighted by molar-refractivity contribution is 0.0606. The van der Waals surface area contributed by atoms with Crippen LogP contribution in [0.3, 0.4) is 0 Å². The van der Waals surface area contributed by atoms with E-state index in [4.69, 9.17) is 5.11 Å². The summed E-state index contributed by atoms with van der Waals surface area (Å²) in [7, 11) is 1.35. The summed E-state index contributed by atoms with van der Waals surface area (Å²) in [6.07, 6.45) is 0.469. The van der Waals surface area contributed by atoms with Gasteiger partial charge in [0, 0.05) is 4.88 Å². The van der Waals surface area contributed by atoms with Crippen LogP contribution >= 0.6 is 11.3 Å². The molecule has 90 valence electrons. The minimum atomic E-state index is -0.692. The second-order valence-corrected chi connectivity index (χ2v) is 4.72. The number of aryl methyl sites for hydroxylation is 2. The zero-order chi connectivity index (χ0) is 12.1. The van der Waals surface area contributed by atoms with E-state index in [1.54, 1.807) is 6.07 Å². The topological polar surface area (TPSA) is 66.8 Å². The van der Waals surface area contributed by atoms with Crippen LogP contribution in [0, 0.1) is 6.92 Å². The maximum Gasteiger partial charge on any atom is 0.348 e. The molecular weight excluding hydrogens is 228 g/mol. The first kappa shape index (κ1) is 13.2. The van der Waals surface area contributed by atoms with Gasteiger partial charge in [0.05, 0.1) is 19.8 Å². The largest absolute Gasteiger partial charge is 0.465 e. The van der Waals surface area contributed by atoms with Gasteiger partial charge in [-0.3, -0.25) is 0 Å². The first-order valence-corrected chi connectivity index (χ1v) is 5.86. The Morgan fingerprint density at radius 1 is 1.62 bits per heavy atom. The van der Waals surface area contributed by atoms with Crippen molar-refractivity contribution in [3.05, 3.63) is 21.4 Å². The van der Waals surface area contributed by atoms with Crippen LogP contribution < -0.4 is 0 Å². The number of aliphatic hydroxyl groups excluding tert-OH is 2. The summed E-state index contributed by atoms with van der Waals surface area (Å²) in [4.78, 5) is 12.9. The molecule has 0 amide bonds. The molecule has 2 N–H and O–H groups in total. The van der Waals surface area contributed by atoms with Crippen molar-refractivity contribution in [1.82, 2.24) is 0 Å². The predicted molar refractivity (Wildman–Crippen MR) is 61.8 cm³/mol. The molecule has 0 radical (unpaired) electrons. The zero-order valence-corrected chi connectivity index (χ0v) is 10.2. The summed E-state index contributed by atoms with van der Waals surface area (Å²) in [5.41, 5.74) is 1.02. The van der Waals surface area contributed by atoms with Gasteiger partial charge >= 0.3 is 5.97 Å². The van der Waals surface area contributed by atoms with E-state index in [9.17, 15) is 9.90 Å². The maximum absolute atomic E-state index is 11.3. The maximum atomic E-state index is 11.3. The molecule has 0 aromatic carbocycles. The second-order valence-electron chi connectivity index (χ2n) is 3.58. The van der Waals surface area contributed by atoms with E-state index in [1.165, 1.54) is 18.4 Å². The van der Waals surface area contributed by atoms with Crippen LogP contribution in [0.4, 0.5) is 0 Å². The van der Waals surface area contributed by atoms with E-state index >= 15 is 0 Å². The van der Waals surface area contributed by atoms with Crippen LogP contribution in [0.15, 0.2) is 6.07 Å². The molecular formula is C11H16O4S. The van der Waals surface area contributed by atoms with Crippen LogP contribution in [0.25, 0.3) is 0 Å². The van der Waals surface area contributed by atoms with Crippen LogP contribution in [0.5, 0.6) is 0 Å². The third kappa shape index (κ3) is 3.30. The number of carbonyl (C=O) groups is 1. The van der Waals surface area contributed by atoms with Crippen LogP contribution in [-0.2, 0) is 11.2 Å². The zero-order valence-electron chi connectivity index (χ0n) is 9.40. The highest BCUT2D eigenvalue weighted by atomic mass is 32.1. The highest BCUT2D eigenvalue weighted by Crippen LogP contribution is 2.24. The Labute approximate surface area is 98.5 Å². The van der Waals surface area contributed by atoms with Gasteiger partial charge in [-0.15, -0.1) is 11.3 Å². The molecule has 0 aliphatic rings. The molecule has 1 aromatic rings. The monoisotopic (exact) mass is 244 g/mol. The minimum Gasteiger partial charge on any atom is -0.465 e. The van der Waals surface area contributed by atoms with Crippen molar-refractivity contribution in [2.45, 2.75) is 25.9 Å². The quantitative estimate of drug-likeness (QED) is 0.762. The summed E-state index contributed by atoms with van der Waals surface area (Å²) < 4.78 is 4.63. The second kappa shape index (κ2) is 5.98. The summed E-state index contributed by atoms with van der Waals surface area (Å²) in [6, 6.07) is 1.79. The van der Waals surface area contributed by atoms with Gasteiger partial charge in [0.2, 0.25) is 0 Å². The van der Waals surface area contributed by atoms with Gasteiger partial charge in [-0.2, -0.15) is 0 Å². The van der Waals surface area contributed by atoms with Crippen LogP contribution in [-0.4, -0.2) is 36.0 Å². The number of thiophene rings is 1. The minimum absolute atomic E-state index is 0.228. The predicted octanol–water partition coefficient (Wildman–Crippen LogP) is 1.13. The summed E-state index contributed by atoms with van der Waals surface area (Å²) in [6.45, 7) is 1.69. The molecule has 1 rings (SSSR count). The fourth-order valence-electron chi connectivity index (χ4n) is 1.36. The first-order chi connectivity index (χ1) is 7.58. The SMILES string of the molecule is COC(=O)c1cc(C)c(CCC(O)CO)s1. The van der Waals surface area contributed by atoms with E-state index in [0.717, 1.165) is 10.4 Å². The number of hydrogen-bond acceptors (Lipinski definition) is 5. The first-order valence-electron chi connectivity index (χ1n) is 5.05. The molecule has 16 heavy (non-hydrogen) atoms. The molecule has 0 fully saturated rings. The lowest BCUT2D eigenvalue weighted by Crippen LogP contribution is -2.12. The standard InChI is InChI=1S/C11H16O4S/c1-7-5-10(11(14)15-2)16-9(7)4-3-8(13)6-12/h5,8,12-13H,3-4,6H2,1-2H3. The van der Waals surface area contributed by atoms with E-state index in [-0.39, 0.29) is 12.6 Å². The Hall–Kier alpha value is -0.910. The van der Waals surface area contributed by atoms with Crippen molar-refractivity contribution in [2.75, 3.05) is 13.7 Å². The van der Waals surface area contributed by atoms with Crippen molar-refractivity contribution in [3.8, 4) is 0 Å². The average molecular weight is 244 g/mol. The summed E-state index contributed by atoms with van der Waals surface area (Å²) >= 11 is 1.38. The number of aliphatic hydroxyl groups is 2. The highest BCUT2D eigenvalue weighted by molar-refractivity contribution is 7.14. The van der Waals surface area contributed by atoms with E-state index in [0.29, 0.717) is 17.7 Å². The molecule has 0 saturated heterocycles. The molecule has 4 nitrogen and oxygen atoms in total. The van der Waals surface area contributed by atoms with Crippen LogP contribution in [0.2, 0.25) is 0 Å². The molecule has 0 spiro atoms. The van der Waals surface area contributed by atoms with Crippen LogP contribution in [0.1, 0.15) is 26.5 Å². The average Bonchev–Trinajstić information content (AvgIpc) is 2.66. The van der Waals surface area contributed by atoms with Crippen molar-refractivity contribution in [3.63, 3.8) is 0 Å². The van der Waals surface area contributed by atoms with Crippen molar-refractivity contribution in [2.24, 2.45) is 0 Å². The van der Waals surface area contributed by atoms with Gasteiger partial charge in [0.15, 0.2) is 0 Å². The van der Waals surface area contributed by atoms with E-state index in [1.807, 2.05) is 6.92 Å². The smallest absolute Gasteiger partial charge is 0.348 e. The van der Waals surface area contributed by atoms with Crippen molar-refractivity contribution < 1.29 is 19.7 Å². The molecule has 1 heterocycles. The van der Waals surface area contributed by atoms with Crippen molar-refractivity contribution in [1.29, 1.82) is 0 Å². The number of rotatable bonds is 5. The Balaban J connectivity index is 2.67. The molecule has 5 heteroatoms. The third-order valence-corrected chi connectivity index (χ3v) is 3.60. The Bertz CT molecular complexity index is 359. The van der Waals surface area contributed by atoms with Gasteiger partial charge in [0.1, 0.15) is 4.88 Å². The number of esters is 1. The molecule has 0 saturated carbocycles. The van der Waals surface area contributed by atoms with Gasteiger partial charge in [-0.25, -0.2) is 4.79 Å². The van der Waals surface area contributed by atoms with Gasteiger partial charge in [-0.1, -0.05) is 0 Å². The molecule has 0 aliphatic heterocycles. The van der Waals surface area contributed by atoms with Crippen molar-refractivity contribution >= 4 is 17.3 Å². The normalized spacial score (nSPS) is 12.5. The van der Waals surface area contributed by atoms with E-state index < -0.39 is 6.10 Å². The lowest BCUT2D eigenvalue weighted by atomic mass is 10.1. The molecule has 1 atom stereocenters. The lowest BCUT2D eigenvalue weighted by Gasteiger charge is -2.05. The number of hydrogen-bond donors (Lipinski definition) is 2. The Kier molecular flexibility index (Phi) is 4.92.